The van der Waals surface area contributed by atoms with Crippen molar-refractivity contribution in [2.75, 3.05) is 6.61 Å². The zero-order chi connectivity index (χ0) is 21.8. The molecule has 6 rings (SSSR count). The summed E-state index contributed by atoms with van der Waals surface area (Å²) in [6.45, 7) is 10.1. The highest BCUT2D eigenvalue weighted by atomic mass is 16.7. The van der Waals surface area contributed by atoms with Crippen LogP contribution in [-0.4, -0.2) is 35.5 Å². The van der Waals surface area contributed by atoms with Crippen LogP contribution >= 0.6 is 0 Å². The van der Waals surface area contributed by atoms with Gasteiger partial charge in [-0.05, 0) is 97.7 Å². The fraction of sp³-hybridized carbons (Fsp3) is 0.963. The van der Waals surface area contributed by atoms with E-state index >= 15 is 0 Å². The van der Waals surface area contributed by atoms with Crippen LogP contribution in [0.4, 0.5) is 0 Å². The Labute approximate surface area is 187 Å². The van der Waals surface area contributed by atoms with Crippen LogP contribution in [0.15, 0.2) is 0 Å². The Kier molecular flexibility index (Phi) is 4.62. The second-order valence-electron chi connectivity index (χ2n) is 13.0. The summed E-state index contributed by atoms with van der Waals surface area (Å²) in [6.07, 6.45) is 10.2. The molecule has 0 radical (unpaired) electrons. The van der Waals surface area contributed by atoms with E-state index in [1.807, 2.05) is 0 Å². The number of aliphatic hydroxyl groups excluding tert-OH is 1. The van der Waals surface area contributed by atoms with Gasteiger partial charge >= 0.3 is 0 Å². The molecule has 0 amide bonds. The Morgan fingerprint density at radius 1 is 0.968 bits per heavy atom. The molecular formula is C27H42O4. The van der Waals surface area contributed by atoms with Gasteiger partial charge in [-0.3, -0.25) is 4.79 Å². The van der Waals surface area contributed by atoms with Gasteiger partial charge < -0.3 is 14.6 Å². The van der Waals surface area contributed by atoms with Crippen molar-refractivity contribution >= 4 is 5.78 Å². The molecule has 1 spiro atoms. The minimum Gasteiger partial charge on any atom is -0.393 e. The zero-order valence-corrected chi connectivity index (χ0v) is 19.9. The van der Waals surface area contributed by atoms with Crippen molar-refractivity contribution in [2.24, 2.45) is 52.3 Å². The maximum atomic E-state index is 13.1. The largest absolute Gasteiger partial charge is 0.393 e. The molecule has 4 nitrogen and oxygen atoms in total. The van der Waals surface area contributed by atoms with E-state index in [2.05, 4.69) is 27.7 Å². The first-order valence-electron chi connectivity index (χ1n) is 13.2. The first kappa shape index (κ1) is 21.1. The SMILES string of the molecule is CC1CO[C@@]2(O[C@H]3C[C@H]4[C@@H]5CCC6CC(O)CC[C@]6(C)[C@H]5CC[C@]4(C)[C@H]3[C@@H]2C)C(=O)C1. The lowest BCUT2D eigenvalue weighted by molar-refractivity contribution is -0.252. The van der Waals surface area contributed by atoms with Crippen LogP contribution in [0.2, 0.25) is 0 Å². The first-order chi connectivity index (χ1) is 14.7. The summed E-state index contributed by atoms with van der Waals surface area (Å²) in [5.41, 5.74) is 0.673. The van der Waals surface area contributed by atoms with Gasteiger partial charge in [0, 0.05) is 12.3 Å². The highest BCUT2D eigenvalue weighted by Crippen LogP contribution is 2.71. The van der Waals surface area contributed by atoms with E-state index in [1.54, 1.807) is 0 Å². The second kappa shape index (κ2) is 6.79. The summed E-state index contributed by atoms with van der Waals surface area (Å²) in [5.74, 6) is 3.13. The average molecular weight is 431 g/mol. The molecule has 4 saturated carbocycles. The minimum atomic E-state index is -0.962. The van der Waals surface area contributed by atoms with Gasteiger partial charge in [0.2, 0.25) is 5.79 Å². The molecule has 2 saturated heterocycles. The number of hydrogen-bond acceptors (Lipinski definition) is 4. The van der Waals surface area contributed by atoms with Crippen LogP contribution in [0, 0.1) is 52.3 Å². The number of fused-ring (bicyclic) bond motifs is 7. The smallest absolute Gasteiger partial charge is 0.232 e. The average Bonchev–Trinajstić information content (AvgIpc) is 3.17. The van der Waals surface area contributed by atoms with Gasteiger partial charge in [-0.2, -0.15) is 0 Å². The van der Waals surface area contributed by atoms with Gasteiger partial charge in [0.15, 0.2) is 5.78 Å². The molecule has 2 heterocycles. The Morgan fingerprint density at radius 2 is 1.74 bits per heavy atom. The molecular weight excluding hydrogens is 388 g/mol. The standard InChI is InChI=1S/C27H42O4/c1-15-11-23(29)27(30-14-15)16(2)24-22(31-27)13-21-19-6-5-17-12-18(28)7-9-25(17,3)20(19)8-10-26(21,24)4/h15-22,24,28H,5-14H2,1-4H3/t15?,16-,17?,18?,19+,20-,21-,22-,24-,25-,26-,27-/m0/s1. The molecule has 31 heavy (non-hydrogen) atoms. The predicted octanol–water partition coefficient (Wildman–Crippen LogP) is 4.97. The molecule has 3 unspecified atom stereocenters. The van der Waals surface area contributed by atoms with Crippen molar-refractivity contribution in [3.05, 3.63) is 0 Å². The molecule has 12 atom stereocenters. The van der Waals surface area contributed by atoms with Crippen molar-refractivity contribution < 1.29 is 19.4 Å². The van der Waals surface area contributed by atoms with E-state index in [1.165, 1.54) is 32.1 Å². The van der Waals surface area contributed by atoms with Gasteiger partial charge in [0.25, 0.3) is 0 Å². The van der Waals surface area contributed by atoms with Crippen molar-refractivity contribution in [1.29, 1.82) is 0 Å². The third kappa shape index (κ3) is 2.68. The van der Waals surface area contributed by atoms with Crippen molar-refractivity contribution in [3.63, 3.8) is 0 Å². The highest BCUT2D eigenvalue weighted by Gasteiger charge is 2.70. The van der Waals surface area contributed by atoms with E-state index in [4.69, 9.17) is 9.47 Å². The van der Waals surface area contributed by atoms with Crippen molar-refractivity contribution in [1.82, 2.24) is 0 Å². The highest BCUT2D eigenvalue weighted by molar-refractivity contribution is 5.87. The number of carbonyl (C=O) groups excluding carboxylic acids is 1. The van der Waals surface area contributed by atoms with E-state index < -0.39 is 5.79 Å². The summed E-state index contributed by atoms with van der Waals surface area (Å²) in [4.78, 5) is 13.1. The molecule has 0 bridgehead atoms. The van der Waals surface area contributed by atoms with E-state index in [0.717, 1.165) is 31.1 Å². The molecule has 0 aromatic heterocycles. The monoisotopic (exact) mass is 430 g/mol. The summed E-state index contributed by atoms with van der Waals surface area (Å²) < 4.78 is 12.9. The molecule has 6 aliphatic rings. The molecule has 4 heteroatoms. The fourth-order valence-corrected chi connectivity index (χ4v) is 10.2. The van der Waals surface area contributed by atoms with Gasteiger partial charge in [0.1, 0.15) is 0 Å². The van der Waals surface area contributed by atoms with Crippen LogP contribution in [0.25, 0.3) is 0 Å². The van der Waals surface area contributed by atoms with Crippen LogP contribution in [-0.2, 0) is 14.3 Å². The molecule has 4 aliphatic carbocycles. The molecule has 6 fully saturated rings. The van der Waals surface area contributed by atoms with Crippen LogP contribution in [0.3, 0.4) is 0 Å². The van der Waals surface area contributed by atoms with Gasteiger partial charge in [-0.1, -0.05) is 27.7 Å². The summed E-state index contributed by atoms with van der Waals surface area (Å²) in [6, 6.07) is 0. The lowest BCUT2D eigenvalue weighted by atomic mass is 9.44. The Morgan fingerprint density at radius 3 is 2.52 bits per heavy atom. The summed E-state index contributed by atoms with van der Waals surface area (Å²) in [5, 5.41) is 10.3. The van der Waals surface area contributed by atoms with E-state index in [9.17, 15) is 9.90 Å². The van der Waals surface area contributed by atoms with Crippen molar-refractivity contribution in [3.8, 4) is 0 Å². The number of aliphatic hydroxyl groups is 1. The van der Waals surface area contributed by atoms with Crippen LogP contribution in [0.1, 0.15) is 85.5 Å². The fourth-order valence-electron chi connectivity index (χ4n) is 10.2. The number of rotatable bonds is 0. The van der Waals surface area contributed by atoms with Gasteiger partial charge in [0.05, 0.1) is 18.8 Å². The minimum absolute atomic E-state index is 0.0736. The maximum Gasteiger partial charge on any atom is 0.232 e. The third-order valence-electron chi connectivity index (χ3n) is 11.7. The Hall–Kier alpha value is -0.450. The van der Waals surface area contributed by atoms with Crippen LogP contribution < -0.4 is 0 Å². The number of ketones is 1. The molecule has 174 valence electrons. The quantitative estimate of drug-likeness (QED) is 0.589. The Balaban J connectivity index is 1.28. The van der Waals surface area contributed by atoms with Crippen molar-refractivity contribution in [2.45, 2.75) is 103 Å². The summed E-state index contributed by atoms with van der Waals surface area (Å²) in [7, 11) is 0. The maximum absolute atomic E-state index is 13.1. The molecule has 2 aliphatic heterocycles. The number of carbonyl (C=O) groups is 1. The molecule has 1 N–H and O–H groups in total. The summed E-state index contributed by atoms with van der Waals surface area (Å²) >= 11 is 0. The van der Waals surface area contributed by atoms with Crippen LogP contribution in [0.5, 0.6) is 0 Å². The number of ether oxygens (including phenoxy) is 2. The normalized spacial score (nSPS) is 60.9. The lowest BCUT2D eigenvalue weighted by Crippen LogP contribution is -2.56. The predicted molar refractivity (Wildman–Crippen MR) is 118 cm³/mol. The number of Topliss-reactive ketones (excluding diaryl/α,β-unsaturated/α-hetero) is 1. The van der Waals surface area contributed by atoms with E-state index in [-0.39, 0.29) is 29.3 Å². The molecule has 0 aromatic carbocycles. The number of hydrogen-bond donors (Lipinski definition) is 1. The van der Waals surface area contributed by atoms with Gasteiger partial charge in [-0.25, -0.2) is 0 Å². The second-order valence-corrected chi connectivity index (χ2v) is 13.0. The van der Waals surface area contributed by atoms with E-state index in [0.29, 0.717) is 42.1 Å². The zero-order valence-electron chi connectivity index (χ0n) is 19.9. The first-order valence-corrected chi connectivity index (χ1v) is 13.2. The Bertz CT molecular complexity index is 766. The van der Waals surface area contributed by atoms with Gasteiger partial charge in [-0.15, -0.1) is 0 Å². The lowest BCUT2D eigenvalue weighted by Gasteiger charge is -2.61. The molecule has 0 aromatic rings. The third-order valence-corrected chi connectivity index (χ3v) is 11.7. The topological polar surface area (TPSA) is 55.8 Å².